The Morgan fingerprint density at radius 2 is 1.84 bits per heavy atom. The fourth-order valence-electron chi connectivity index (χ4n) is 1.94. The van der Waals surface area contributed by atoms with Gasteiger partial charge in [0.25, 0.3) is 0 Å². The van der Waals surface area contributed by atoms with Crippen LogP contribution in [0.2, 0.25) is 0 Å². The van der Waals surface area contributed by atoms with Crippen LogP contribution in [-0.4, -0.2) is 10.8 Å². The van der Waals surface area contributed by atoms with Crippen LogP contribution < -0.4 is 0 Å². The molecule has 19 heavy (non-hydrogen) atoms. The summed E-state index contributed by atoms with van der Waals surface area (Å²) in [7, 11) is 0. The summed E-state index contributed by atoms with van der Waals surface area (Å²) in [6, 6.07) is 8.18. The van der Waals surface area contributed by atoms with Crippen molar-refractivity contribution in [1.29, 1.82) is 0 Å². The summed E-state index contributed by atoms with van der Waals surface area (Å²) in [5.41, 5.74) is 2.56. The van der Waals surface area contributed by atoms with E-state index in [1.54, 1.807) is 24.3 Å². The lowest BCUT2D eigenvalue weighted by molar-refractivity contribution is 0.0991. The summed E-state index contributed by atoms with van der Waals surface area (Å²) in [6.45, 7) is 3.67. The Kier molecular flexibility index (Phi) is 4.10. The van der Waals surface area contributed by atoms with E-state index in [2.05, 4.69) is 20.9 Å². The molecule has 0 aliphatic heterocycles. The first-order valence-electron chi connectivity index (χ1n) is 5.88. The molecule has 98 valence electrons. The number of ketones is 1. The van der Waals surface area contributed by atoms with Crippen molar-refractivity contribution in [2.75, 3.05) is 0 Å². The van der Waals surface area contributed by atoms with Crippen LogP contribution in [0.25, 0.3) is 0 Å². The molecular formula is C15H13BrFNO. The van der Waals surface area contributed by atoms with E-state index in [1.165, 1.54) is 6.07 Å². The third kappa shape index (κ3) is 3.47. The number of benzene rings is 1. The molecule has 0 amide bonds. The minimum atomic E-state index is -0.370. The maximum Gasteiger partial charge on any atom is 0.167 e. The minimum absolute atomic E-state index is 0.0575. The smallest absolute Gasteiger partial charge is 0.167 e. The van der Waals surface area contributed by atoms with Gasteiger partial charge >= 0.3 is 0 Å². The second-order valence-electron chi connectivity index (χ2n) is 4.47. The van der Waals surface area contributed by atoms with Crippen LogP contribution in [-0.2, 0) is 6.42 Å². The van der Waals surface area contributed by atoms with Crippen molar-refractivity contribution < 1.29 is 9.18 Å². The zero-order chi connectivity index (χ0) is 14.0. The van der Waals surface area contributed by atoms with E-state index in [4.69, 9.17) is 0 Å². The molecule has 0 atom stereocenters. The molecule has 2 aromatic rings. The summed E-state index contributed by atoms with van der Waals surface area (Å²) < 4.78 is 14.4. The number of rotatable bonds is 3. The molecule has 1 aromatic carbocycles. The van der Waals surface area contributed by atoms with Crippen molar-refractivity contribution >= 4 is 21.7 Å². The molecule has 0 unspecified atom stereocenters. The van der Waals surface area contributed by atoms with Crippen molar-refractivity contribution in [3.05, 3.63) is 63.1 Å². The molecule has 0 spiro atoms. The zero-order valence-electron chi connectivity index (χ0n) is 10.7. The first-order chi connectivity index (χ1) is 8.95. The normalized spacial score (nSPS) is 10.5. The molecule has 1 aromatic heterocycles. The summed E-state index contributed by atoms with van der Waals surface area (Å²) in [5, 5.41) is 0. The number of halogens is 2. The van der Waals surface area contributed by atoms with Crippen LogP contribution in [0.3, 0.4) is 0 Å². The predicted octanol–water partition coefficient (Wildman–Crippen LogP) is 4.03. The minimum Gasteiger partial charge on any atom is -0.294 e. The zero-order valence-corrected chi connectivity index (χ0v) is 12.3. The molecule has 0 radical (unpaired) electrons. The lowest BCUT2D eigenvalue weighted by atomic mass is 10.0. The quantitative estimate of drug-likeness (QED) is 0.799. The lowest BCUT2D eigenvalue weighted by Gasteiger charge is -2.05. The SMILES string of the molecule is Cc1cc(C(=O)Cc2ccc(Br)cc2F)cc(C)n1. The number of Topliss-reactive ketones (excluding diaryl/α,β-unsaturated/α-hetero) is 1. The number of aromatic nitrogens is 1. The highest BCUT2D eigenvalue weighted by Crippen LogP contribution is 2.17. The number of carbonyl (C=O) groups is 1. The molecule has 0 aliphatic rings. The molecule has 0 saturated carbocycles. The first-order valence-corrected chi connectivity index (χ1v) is 6.67. The first kappa shape index (κ1) is 13.9. The summed E-state index contributed by atoms with van der Waals surface area (Å²) >= 11 is 3.19. The fraction of sp³-hybridized carbons (Fsp3) is 0.200. The molecule has 0 fully saturated rings. The van der Waals surface area contributed by atoms with Crippen molar-refractivity contribution in [3.63, 3.8) is 0 Å². The Hall–Kier alpha value is -1.55. The lowest BCUT2D eigenvalue weighted by Crippen LogP contribution is -2.06. The van der Waals surface area contributed by atoms with Gasteiger partial charge in [-0.25, -0.2) is 4.39 Å². The third-order valence-corrected chi connectivity index (χ3v) is 3.26. The van der Waals surface area contributed by atoms with Crippen molar-refractivity contribution in [2.45, 2.75) is 20.3 Å². The number of aryl methyl sites for hydroxylation is 2. The highest BCUT2D eigenvalue weighted by atomic mass is 79.9. The summed E-state index contributed by atoms with van der Waals surface area (Å²) in [5.74, 6) is -0.472. The molecule has 0 aliphatic carbocycles. The van der Waals surface area contributed by atoms with Gasteiger partial charge in [0.05, 0.1) is 0 Å². The highest BCUT2D eigenvalue weighted by Gasteiger charge is 2.12. The molecule has 1 heterocycles. The van der Waals surface area contributed by atoms with Gasteiger partial charge in [-0.3, -0.25) is 9.78 Å². The van der Waals surface area contributed by atoms with Gasteiger partial charge in [-0.15, -0.1) is 0 Å². The van der Waals surface area contributed by atoms with E-state index in [1.807, 2.05) is 13.8 Å². The van der Waals surface area contributed by atoms with Crippen LogP contribution in [0.5, 0.6) is 0 Å². The average Bonchev–Trinajstić information content (AvgIpc) is 2.31. The van der Waals surface area contributed by atoms with Gasteiger partial charge in [-0.2, -0.15) is 0 Å². The van der Waals surface area contributed by atoms with E-state index in [9.17, 15) is 9.18 Å². The largest absolute Gasteiger partial charge is 0.294 e. The maximum atomic E-state index is 13.7. The standard InChI is InChI=1S/C15H13BrFNO/c1-9-5-12(6-10(2)18-9)15(19)7-11-3-4-13(16)8-14(11)17/h3-6,8H,7H2,1-2H3. The Bertz CT molecular complexity index is 620. The summed E-state index contributed by atoms with van der Waals surface area (Å²) in [4.78, 5) is 16.4. The van der Waals surface area contributed by atoms with Crippen molar-refractivity contribution in [2.24, 2.45) is 0 Å². The Morgan fingerprint density at radius 3 is 2.42 bits per heavy atom. The highest BCUT2D eigenvalue weighted by molar-refractivity contribution is 9.10. The van der Waals surface area contributed by atoms with Crippen molar-refractivity contribution in [1.82, 2.24) is 4.98 Å². The molecule has 4 heteroatoms. The number of pyridine rings is 1. The van der Waals surface area contributed by atoms with Crippen LogP contribution in [0.15, 0.2) is 34.8 Å². The van der Waals surface area contributed by atoms with Crippen LogP contribution in [0.1, 0.15) is 27.3 Å². The second-order valence-corrected chi connectivity index (χ2v) is 5.39. The van der Waals surface area contributed by atoms with E-state index in [-0.39, 0.29) is 18.0 Å². The Morgan fingerprint density at radius 1 is 1.21 bits per heavy atom. The van der Waals surface area contributed by atoms with Crippen LogP contribution in [0, 0.1) is 19.7 Å². The van der Waals surface area contributed by atoms with Gasteiger partial charge in [-0.05, 0) is 43.7 Å². The second kappa shape index (κ2) is 5.61. The number of hydrogen-bond donors (Lipinski definition) is 0. The number of carbonyl (C=O) groups excluding carboxylic acids is 1. The third-order valence-electron chi connectivity index (χ3n) is 2.77. The molecule has 2 rings (SSSR count). The monoisotopic (exact) mass is 321 g/mol. The van der Waals surface area contributed by atoms with Gasteiger partial charge in [0.15, 0.2) is 5.78 Å². The molecule has 0 bridgehead atoms. The Labute approximate surface area is 119 Å². The predicted molar refractivity (Wildman–Crippen MR) is 75.8 cm³/mol. The molecular weight excluding hydrogens is 309 g/mol. The van der Waals surface area contributed by atoms with Gasteiger partial charge in [0, 0.05) is 27.8 Å². The topological polar surface area (TPSA) is 30.0 Å². The van der Waals surface area contributed by atoms with Gasteiger partial charge in [-0.1, -0.05) is 22.0 Å². The van der Waals surface area contributed by atoms with E-state index >= 15 is 0 Å². The fourth-order valence-corrected chi connectivity index (χ4v) is 2.27. The maximum absolute atomic E-state index is 13.7. The summed E-state index contributed by atoms with van der Waals surface area (Å²) in [6.07, 6.45) is 0.0575. The van der Waals surface area contributed by atoms with E-state index < -0.39 is 0 Å². The number of hydrogen-bond acceptors (Lipinski definition) is 2. The van der Waals surface area contributed by atoms with Crippen LogP contribution >= 0.6 is 15.9 Å². The van der Waals surface area contributed by atoms with Crippen LogP contribution in [0.4, 0.5) is 4.39 Å². The molecule has 2 nitrogen and oxygen atoms in total. The average molecular weight is 322 g/mol. The number of nitrogens with zero attached hydrogens (tertiary/aromatic N) is 1. The van der Waals surface area contributed by atoms with Gasteiger partial charge < -0.3 is 0 Å². The van der Waals surface area contributed by atoms with Crippen molar-refractivity contribution in [3.8, 4) is 0 Å². The van der Waals surface area contributed by atoms with Gasteiger partial charge in [0.1, 0.15) is 5.82 Å². The van der Waals surface area contributed by atoms with E-state index in [0.717, 1.165) is 11.4 Å². The molecule has 0 N–H and O–H groups in total. The molecule has 0 saturated heterocycles. The Balaban J connectivity index is 2.25. The van der Waals surface area contributed by atoms with E-state index in [0.29, 0.717) is 15.6 Å². The van der Waals surface area contributed by atoms with Gasteiger partial charge in [0.2, 0.25) is 0 Å².